The van der Waals surface area contributed by atoms with Gasteiger partial charge in [0.1, 0.15) is 28.8 Å². The van der Waals surface area contributed by atoms with Crippen LogP contribution in [0.4, 0.5) is 0 Å². The molecule has 0 aromatic rings. The summed E-state index contributed by atoms with van der Waals surface area (Å²) in [5.74, 6) is 24.1. The van der Waals surface area contributed by atoms with Crippen molar-refractivity contribution in [3.05, 3.63) is 0 Å². The lowest BCUT2D eigenvalue weighted by Gasteiger charge is -2.29. The Hall–Kier alpha value is 9.66. The van der Waals surface area contributed by atoms with Crippen LogP contribution in [-0.4, -0.2) is 339 Å². The molecular weight excluding hydrogens is 2220 g/mol. The molecule has 0 aromatic heterocycles. The first-order chi connectivity index (χ1) is 58.8. The van der Waals surface area contributed by atoms with E-state index < -0.39 is 77.4 Å². The molecule has 0 aromatic carbocycles. The molecule has 16 nitrogen and oxygen atoms in total. The summed E-state index contributed by atoms with van der Waals surface area (Å²) in [6, 6.07) is 0. The first-order valence-electron chi connectivity index (χ1n) is 41.2. The van der Waals surface area contributed by atoms with E-state index in [0.717, 1.165) is 128 Å². The molecule has 0 aliphatic carbocycles. The number of unbranched alkanes of at least 4 members (excludes halogenated alkanes) is 6. The summed E-state index contributed by atoms with van der Waals surface area (Å²) in [5, 5.41) is 120. The second-order valence-corrected chi connectivity index (χ2v) is 42.7. The van der Waals surface area contributed by atoms with Crippen molar-refractivity contribution in [2.45, 2.75) is 240 Å². The van der Waals surface area contributed by atoms with Crippen LogP contribution in [0.25, 0.3) is 0 Å². The largest absolute Gasteiger partial charge is 0.480 e. The predicted molar refractivity (Wildman–Crippen MR) is 675 cm³/mol. The molecule has 0 aliphatic rings. The van der Waals surface area contributed by atoms with E-state index in [1.807, 2.05) is 13.8 Å². The summed E-state index contributed by atoms with van der Waals surface area (Å²) in [6.07, 6.45) is 2.48. The number of thiol groups is 32. The quantitative estimate of drug-likeness (QED) is 0.0199. The Bertz CT molecular complexity index is 1720. The van der Waals surface area contributed by atoms with Gasteiger partial charge in [-0.3, -0.25) is 9.59 Å². The zero-order valence-electron chi connectivity index (χ0n) is 76.3. The second kappa shape index (κ2) is 139. The third kappa shape index (κ3) is 142. The van der Waals surface area contributed by atoms with Gasteiger partial charge in [-0.05, 0) is 208 Å². The number of rotatable bonds is 50. The van der Waals surface area contributed by atoms with Crippen molar-refractivity contribution in [2.24, 2.45) is 59.2 Å². The Morgan fingerprint density at radius 2 is 0.413 bits per heavy atom. The van der Waals surface area contributed by atoms with Crippen molar-refractivity contribution in [1.29, 1.82) is 0 Å². The number of carboxylic acids is 2. The Morgan fingerprint density at radius 1 is 0.222 bits per heavy atom. The van der Waals surface area contributed by atoms with E-state index in [1.165, 1.54) is 57.8 Å². The molecule has 0 heterocycles. The SMILES string of the molecule is CC(CS)C(C)C(C)C(C)CS.CC(CS)C(C)C(C)CS.CC(CS)C(C)CS.CC(CS)CS.CC(S)C(C)S.O=C(O)C(S)C(S)C(=O)O.OC(CS)C(O)C(O)C(O)CS.OC(CS)C(O)C(O)CS.OC(CS)C(O)CS.OC(CS)CS.OCC(S)C(S)CO.SCCCCCCS.SCCCCCS.SCCCCS.SCCCS.SCCS. The normalized spacial score (nSPS) is 16.0. The first-order valence-corrected chi connectivity index (χ1v) is 60.7. The summed E-state index contributed by atoms with van der Waals surface area (Å²) in [4.78, 5) is 20.1. The monoisotopic (exact) mass is 2400 g/mol. The Balaban J connectivity index is -0.0000000737. The minimum absolute atomic E-state index is 0.0253. The summed E-state index contributed by atoms with van der Waals surface area (Å²) in [5.41, 5.74) is 0. The van der Waals surface area contributed by atoms with Crippen LogP contribution in [0.2, 0.25) is 0 Å². The second-order valence-electron chi connectivity index (χ2n) is 28.3. The fourth-order valence-electron chi connectivity index (χ4n) is 5.91. The molecule has 14 N–H and O–H groups in total. The van der Waals surface area contributed by atoms with E-state index in [-0.39, 0.29) is 64.3 Å². The average Bonchev–Trinajstić information content (AvgIpc) is 0.905. The molecule has 784 valence electrons. The molecule has 22 atom stereocenters. The lowest BCUT2D eigenvalue weighted by molar-refractivity contribution is -0.142. The Morgan fingerprint density at radius 3 is 0.540 bits per heavy atom. The molecule has 22 unspecified atom stereocenters. The minimum atomic E-state index is -1.38. The van der Waals surface area contributed by atoms with E-state index in [9.17, 15) is 9.59 Å². The van der Waals surface area contributed by atoms with Crippen molar-refractivity contribution in [2.75, 3.05) is 163 Å². The average molecular weight is 2400 g/mol. The fourth-order valence-corrected chi connectivity index (χ4v) is 12.6. The molecule has 0 aliphatic heterocycles. The summed E-state index contributed by atoms with van der Waals surface area (Å²) in [6.45, 7) is 26.5. The highest BCUT2D eigenvalue weighted by Gasteiger charge is 2.30. The van der Waals surface area contributed by atoms with Gasteiger partial charge in [0.25, 0.3) is 0 Å². The van der Waals surface area contributed by atoms with Gasteiger partial charge >= 0.3 is 11.9 Å². The zero-order valence-corrected chi connectivity index (χ0v) is 105. The Labute approximate surface area is 946 Å². The molecule has 0 radical (unpaired) electrons. The van der Waals surface area contributed by atoms with E-state index in [2.05, 4.69) is 473 Å². The molecule has 48 heteroatoms. The lowest BCUT2D eigenvalue weighted by atomic mass is 9.80. The third-order valence-electron chi connectivity index (χ3n) is 16.8. The minimum Gasteiger partial charge on any atom is -0.480 e. The van der Waals surface area contributed by atoms with Gasteiger partial charge in [-0.1, -0.05) is 102 Å². The Kier molecular flexibility index (Phi) is 189. The molecular formula is C78H184O16S32. The van der Waals surface area contributed by atoms with Crippen LogP contribution in [0.1, 0.15) is 147 Å². The maximum atomic E-state index is 10.1. The number of hydrogen-bond donors (Lipinski definition) is 46. The summed E-state index contributed by atoms with van der Waals surface area (Å²) < 4.78 is 0. The van der Waals surface area contributed by atoms with Gasteiger partial charge in [-0.15, -0.1) is 0 Å². The van der Waals surface area contributed by atoms with Gasteiger partial charge in [0, 0.05) is 67.0 Å². The summed E-state index contributed by atoms with van der Waals surface area (Å²) in [7, 11) is 0. The first kappa shape index (κ1) is 172. The van der Waals surface area contributed by atoms with Gasteiger partial charge in [-0.25, -0.2) is 0 Å². The summed E-state index contributed by atoms with van der Waals surface area (Å²) >= 11 is 127. The van der Waals surface area contributed by atoms with Crippen molar-refractivity contribution in [3.8, 4) is 0 Å². The van der Waals surface area contributed by atoms with Crippen molar-refractivity contribution in [3.63, 3.8) is 0 Å². The maximum absolute atomic E-state index is 10.1. The van der Waals surface area contributed by atoms with Gasteiger partial charge in [0.2, 0.25) is 0 Å². The molecule has 126 heavy (non-hydrogen) atoms. The van der Waals surface area contributed by atoms with Gasteiger partial charge in [0.05, 0.1) is 55.9 Å². The van der Waals surface area contributed by atoms with Crippen molar-refractivity contribution < 1.29 is 81.1 Å². The highest BCUT2D eigenvalue weighted by molar-refractivity contribution is 7.87. The van der Waals surface area contributed by atoms with Crippen LogP contribution >= 0.6 is 404 Å². The van der Waals surface area contributed by atoms with Crippen LogP contribution in [0.15, 0.2) is 0 Å². The van der Waals surface area contributed by atoms with Gasteiger partial charge < -0.3 is 71.5 Å². The number of hydrogen-bond acceptors (Lipinski definition) is 46. The number of aliphatic hydroxyl groups excluding tert-OH is 12. The zero-order chi connectivity index (χ0) is 103. The number of carbonyl (C=O) groups is 2. The number of aliphatic carboxylic acids is 2. The molecule has 0 spiro atoms. The highest BCUT2D eigenvalue weighted by atomic mass is 32.2. The van der Waals surface area contributed by atoms with Crippen molar-refractivity contribution in [1.82, 2.24) is 0 Å². The molecule has 0 fully saturated rings. The van der Waals surface area contributed by atoms with Crippen LogP contribution in [-0.2, 0) is 9.59 Å². The standard InChI is InChI=1S/C10H22S2.C8H18S2.C6H14O4S2.2C6H14S2.C5H12O3S2.C5H12S2.C4H6O4S2.2C4H10O2S2.3C4H10S2.C3H8OS2.C3H8S2.C2H6S2/c1-7(5-11)9(3)10(4)8(2)6-12;1-6(4-9)8(3)7(2)5-10;7-3(1-11)5(9)6(10)4(8)2-12;1-5(3-7)6(2)4-8;7-5-3-1-2-4-6-8;6-3(1-9)5(8)4(7)2-10;6-4-2-1-3-5-7;5-3(6)1(9)2(10)4(7)8;5-3(1-7)4(6)2-8;5-1-3(7)4(8)2-6;1-4(2-5)3-6;1-3(5)4(2)6;5-3-1-2-4-6;4-3(1-5)2-6;4-2-1-3-5;3-1-2-4/h7-12H,5-6H2,1-4H3;6-10H,4-5H2,1-3H3;3-12H,1-2H2;5-8H,3-4H2,1-2H3;7-8H,1-6H2;3-10H,1-2H2;6-7H,1-5H2;1-2,9-10H,(H,5,6)(H,7,8);2*3-8H,1-2H2;4-6H,2-3H2,1H3;3-6H,1-2H3;5-6H,1-4H2;3-6H,1-2H2;4-5H,1-3H2;3-4H,1-2H2. The van der Waals surface area contributed by atoms with E-state index in [1.54, 1.807) is 0 Å². The maximum Gasteiger partial charge on any atom is 0.318 e. The topological polar surface area (TPSA) is 317 Å². The van der Waals surface area contributed by atoms with E-state index >= 15 is 0 Å². The molecule has 0 amide bonds. The highest BCUT2D eigenvalue weighted by Crippen LogP contribution is 2.28. The van der Waals surface area contributed by atoms with Gasteiger partial charge in [0.15, 0.2) is 0 Å². The van der Waals surface area contributed by atoms with Crippen LogP contribution in [0.3, 0.4) is 0 Å². The van der Waals surface area contributed by atoms with Gasteiger partial charge in [-0.2, -0.15) is 404 Å². The lowest BCUT2D eigenvalue weighted by Crippen LogP contribution is -2.45. The van der Waals surface area contributed by atoms with E-state index in [4.69, 9.17) is 71.5 Å². The molecule has 0 rings (SSSR count). The number of aliphatic hydroxyl groups is 12. The molecule has 0 bridgehead atoms. The van der Waals surface area contributed by atoms with Crippen LogP contribution in [0.5, 0.6) is 0 Å². The van der Waals surface area contributed by atoms with Crippen molar-refractivity contribution >= 4 is 416 Å². The van der Waals surface area contributed by atoms with E-state index in [0.29, 0.717) is 63.4 Å². The van der Waals surface area contributed by atoms with Crippen LogP contribution < -0.4 is 0 Å². The molecule has 0 saturated carbocycles. The smallest absolute Gasteiger partial charge is 0.318 e. The fraction of sp³-hybridized carbons (Fsp3) is 0.974. The molecule has 0 saturated heterocycles. The van der Waals surface area contributed by atoms with Crippen LogP contribution in [0, 0.1) is 59.2 Å². The third-order valence-corrected chi connectivity index (χ3v) is 31.6. The number of carboxylic acid groups (broad SMARTS) is 2. The predicted octanol–water partition coefficient (Wildman–Crippen LogP) is 15.8.